The molecule has 2 aliphatic rings. The van der Waals surface area contributed by atoms with Crippen LogP contribution in [0.2, 0.25) is 0 Å². The molecule has 0 bridgehead atoms. The summed E-state index contributed by atoms with van der Waals surface area (Å²) >= 11 is 0. The van der Waals surface area contributed by atoms with Crippen molar-refractivity contribution in [2.75, 3.05) is 10.6 Å². The molecule has 9 aromatic rings. The predicted molar refractivity (Wildman–Crippen MR) is 242 cm³/mol. The molecule has 4 heteroatoms. The average Bonchev–Trinajstić information content (AvgIpc) is 3.31. The molecule has 0 spiro atoms. The Kier molecular flexibility index (Phi) is 8.25. The Balaban J connectivity index is 0.834. The second kappa shape index (κ2) is 14.2. The number of nitrogens with zero attached hydrogens (tertiary/aromatic N) is 2. The van der Waals surface area contributed by atoms with Gasteiger partial charge in [-0.05, 0) is 68.8 Å². The summed E-state index contributed by atoms with van der Waals surface area (Å²) in [5, 5.41) is 9.86. The Morgan fingerprint density at radius 1 is 0.345 bits per heavy atom. The Hall–Kier alpha value is -7.56. The number of rotatable bonds is 6. The molecule has 0 amide bonds. The molecule has 2 aromatic heterocycles. The molecule has 2 unspecified atom stereocenters. The highest BCUT2D eigenvalue weighted by atomic mass is 15.0. The summed E-state index contributed by atoms with van der Waals surface area (Å²) in [6.45, 7) is 0. The van der Waals surface area contributed by atoms with E-state index in [0.29, 0.717) is 0 Å². The van der Waals surface area contributed by atoms with Crippen LogP contribution in [0.15, 0.2) is 194 Å². The quantitative estimate of drug-likeness (QED) is 0.178. The van der Waals surface area contributed by atoms with Gasteiger partial charge in [0, 0.05) is 21.9 Å². The molecule has 58 heavy (non-hydrogen) atoms. The number of benzene rings is 7. The maximum Gasteiger partial charge on any atom is 0.0716 e. The van der Waals surface area contributed by atoms with E-state index in [-0.39, 0.29) is 12.1 Å². The molecule has 2 N–H and O–H groups in total. The summed E-state index contributed by atoms with van der Waals surface area (Å²) in [4.78, 5) is 10.3. The molecule has 7 aromatic carbocycles. The standard InChI is InChI=1S/C54H38N4/c1-3-7-35(8-4-1)36-11-13-37(14-12-36)45-23-19-41-26-30-50(56-51(41)33-45)46-24-20-42-25-29-47(55-52(42)34-46)39-15-17-40(18-16-39)49-32-28-44-22-21-43-27-31-48(38-9-5-2-6-10-38)57-53(43)54(44)58-49/h1-34,48-49,57-58H. The molecule has 274 valence electrons. The minimum absolute atomic E-state index is 0.0498. The van der Waals surface area contributed by atoms with Gasteiger partial charge in [-0.25, -0.2) is 9.97 Å². The number of aromatic nitrogens is 2. The van der Waals surface area contributed by atoms with Crippen molar-refractivity contribution in [3.63, 3.8) is 0 Å². The zero-order valence-corrected chi connectivity index (χ0v) is 31.7. The Labute approximate surface area is 337 Å². The van der Waals surface area contributed by atoms with Gasteiger partial charge in [-0.3, -0.25) is 0 Å². The summed E-state index contributed by atoms with van der Waals surface area (Å²) in [5.74, 6) is 0. The van der Waals surface area contributed by atoms with Gasteiger partial charge >= 0.3 is 0 Å². The molecule has 0 saturated heterocycles. The number of fused-ring (bicyclic) bond motifs is 5. The first-order valence-corrected chi connectivity index (χ1v) is 19.9. The van der Waals surface area contributed by atoms with Crippen molar-refractivity contribution in [3.8, 4) is 44.8 Å². The van der Waals surface area contributed by atoms with Gasteiger partial charge < -0.3 is 10.6 Å². The van der Waals surface area contributed by atoms with Crippen LogP contribution in [-0.2, 0) is 0 Å². The number of hydrogen-bond donors (Lipinski definition) is 2. The Bertz CT molecular complexity index is 3040. The molecule has 0 aliphatic carbocycles. The first kappa shape index (κ1) is 33.8. The van der Waals surface area contributed by atoms with Crippen molar-refractivity contribution in [3.05, 3.63) is 216 Å². The summed E-state index contributed by atoms with van der Waals surface area (Å²) in [5.41, 5.74) is 17.8. The van der Waals surface area contributed by atoms with E-state index in [0.717, 1.165) is 61.3 Å². The van der Waals surface area contributed by atoms with Gasteiger partial charge in [0.05, 0.1) is 45.9 Å². The van der Waals surface area contributed by atoms with Gasteiger partial charge in [0.1, 0.15) is 0 Å². The van der Waals surface area contributed by atoms with Gasteiger partial charge in [-0.2, -0.15) is 0 Å². The third kappa shape index (κ3) is 6.31. The van der Waals surface area contributed by atoms with Crippen LogP contribution in [0.3, 0.4) is 0 Å². The second-order valence-corrected chi connectivity index (χ2v) is 15.1. The zero-order chi connectivity index (χ0) is 38.4. The van der Waals surface area contributed by atoms with E-state index in [9.17, 15) is 0 Å². The van der Waals surface area contributed by atoms with E-state index in [4.69, 9.17) is 9.97 Å². The summed E-state index contributed by atoms with van der Waals surface area (Å²) < 4.78 is 0. The maximum atomic E-state index is 5.16. The van der Waals surface area contributed by atoms with Crippen molar-refractivity contribution in [1.82, 2.24) is 9.97 Å². The summed E-state index contributed by atoms with van der Waals surface area (Å²) in [7, 11) is 0. The summed E-state index contributed by atoms with van der Waals surface area (Å²) in [6, 6.07) is 64.8. The van der Waals surface area contributed by atoms with Gasteiger partial charge in [0.15, 0.2) is 0 Å². The first-order valence-electron chi connectivity index (χ1n) is 19.9. The monoisotopic (exact) mass is 742 g/mol. The largest absolute Gasteiger partial charge is 0.373 e. The van der Waals surface area contributed by atoms with E-state index in [1.54, 1.807) is 0 Å². The van der Waals surface area contributed by atoms with E-state index in [1.807, 2.05) is 6.07 Å². The maximum absolute atomic E-state index is 5.16. The molecule has 2 atom stereocenters. The highest BCUT2D eigenvalue weighted by molar-refractivity contribution is 5.91. The molecular weight excluding hydrogens is 705 g/mol. The van der Waals surface area contributed by atoms with Crippen molar-refractivity contribution in [1.29, 1.82) is 0 Å². The van der Waals surface area contributed by atoms with Crippen LogP contribution in [0.25, 0.3) is 78.7 Å². The lowest BCUT2D eigenvalue weighted by Crippen LogP contribution is -2.18. The van der Waals surface area contributed by atoms with Crippen molar-refractivity contribution in [2.24, 2.45) is 0 Å². The highest BCUT2D eigenvalue weighted by Gasteiger charge is 2.23. The van der Waals surface area contributed by atoms with Crippen LogP contribution in [0.4, 0.5) is 11.4 Å². The topological polar surface area (TPSA) is 49.8 Å². The van der Waals surface area contributed by atoms with Crippen LogP contribution < -0.4 is 10.6 Å². The molecule has 0 radical (unpaired) electrons. The fourth-order valence-electron chi connectivity index (χ4n) is 8.32. The number of hydrogen-bond acceptors (Lipinski definition) is 4. The molecule has 0 saturated carbocycles. The smallest absolute Gasteiger partial charge is 0.0716 e. The molecule has 4 heterocycles. The normalized spacial score (nSPS) is 15.4. The third-order valence-electron chi connectivity index (χ3n) is 11.5. The van der Waals surface area contributed by atoms with E-state index in [2.05, 4.69) is 211 Å². The molecule has 2 aliphatic heterocycles. The van der Waals surface area contributed by atoms with Gasteiger partial charge in [-0.15, -0.1) is 0 Å². The van der Waals surface area contributed by atoms with E-state index < -0.39 is 0 Å². The Morgan fingerprint density at radius 2 is 0.776 bits per heavy atom. The molecule has 11 rings (SSSR count). The lowest BCUT2D eigenvalue weighted by molar-refractivity contribution is 0.955. The number of anilines is 2. The lowest BCUT2D eigenvalue weighted by atomic mass is 9.93. The van der Waals surface area contributed by atoms with Crippen molar-refractivity contribution >= 4 is 45.3 Å². The fraction of sp³-hybridized carbons (Fsp3) is 0.0370. The van der Waals surface area contributed by atoms with Crippen LogP contribution in [0.5, 0.6) is 0 Å². The van der Waals surface area contributed by atoms with Gasteiger partial charge in [0.2, 0.25) is 0 Å². The van der Waals surface area contributed by atoms with Crippen LogP contribution >= 0.6 is 0 Å². The van der Waals surface area contributed by atoms with E-state index >= 15 is 0 Å². The van der Waals surface area contributed by atoms with Gasteiger partial charge in [-0.1, -0.05) is 182 Å². The van der Waals surface area contributed by atoms with Crippen molar-refractivity contribution < 1.29 is 0 Å². The SMILES string of the molecule is C1=CC(c2ccccc2)Nc2c1ccc1c2NC(c2ccc(-c3ccc4ccc(-c5ccc6ccc(-c7ccc(-c8ccccc8)cc7)cc6n5)cc4n3)cc2)C=C1. The number of pyridine rings is 2. The first-order chi connectivity index (χ1) is 28.7. The van der Waals surface area contributed by atoms with E-state index in [1.165, 1.54) is 38.9 Å². The van der Waals surface area contributed by atoms with Crippen LogP contribution in [0.1, 0.15) is 34.3 Å². The second-order valence-electron chi connectivity index (χ2n) is 15.1. The minimum atomic E-state index is 0.0498. The third-order valence-corrected chi connectivity index (χ3v) is 11.5. The molecule has 4 nitrogen and oxygen atoms in total. The van der Waals surface area contributed by atoms with Crippen LogP contribution in [-0.4, -0.2) is 9.97 Å². The molecule has 0 fully saturated rings. The molecular formula is C54H38N4. The average molecular weight is 743 g/mol. The van der Waals surface area contributed by atoms with Crippen LogP contribution in [0, 0.1) is 0 Å². The fourth-order valence-corrected chi connectivity index (χ4v) is 8.32. The predicted octanol–water partition coefficient (Wildman–Crippen LogP) is 13.8. The van der Waals surface area contributed by atoms with Crippen molar-refractivity contribution in [2.45, 2.75) is 12.1 Å². The lowest BCUT2D eigenvalue weighted by Gasteiger charge is -2.30. The number of nitrogens with one attached hydrogen (secondary N) is 2. The van der Waals surface area contributed by atoms with Gasteiger partial charge in [0.25, 0.3) is 0 Å². The zero-order valence-electron chi connectivity index (χ0n) is 31.7. The summed E-state index contributed by atoms with van der Waals surface area (Å²) in [6.07, 6.45) is 8.95. The Morgan fingerprint density at radius 3 is 1.38 bits per heavy atom. The minimum Gasteiger partial charge on any atom is -0.373 e. The highest BCUT2D eigenvalue weighted by Crippen LogP contribution is 2.42.